The molecule has 5 aromatic rings. The second kappa shape index (κ2) is 17.3. The zero-order chi connectivity index (χ0) is 40.9. The van der Waals surface area contributed by atoms with Crippen LogP contribution in [0.15, 0.2) is 73.4 Å². The zero-order valence-electron chi connectivity index (χ0n) is 32.9. The molecule has 3 aromatic heterocycles. The van der Waals surface area contributed by atoms with Crippen molar-refractivity contribution < 1.29 is 33.4 Å². The molecule has 17 nitrogen and oxygen atoms in total. The molecule has 2 aliphatic heterocycles. The number of nitrogens with one attached hydrogen (secondary N) is 3. The van der Waals surface area contributed by atoms with Crippen LogP contribution in [-0.2, 0) is 37.3 Å². The zero-order valence-corrected chi connectivity index (χ0v) is 32.9. The van der Waals surface area contributed by atoms with E-state index in [1.807, 2.05) is 43.4 Å². The Hall–Kier alpha value is -6.49. The highest BCUT2D eigenvalue weighted by atomic mass is 16.6. The number of imidazole rings is 3. The van der Waals surface area contributed by atoms with Crippen LogP contribution in [0.3, 0.4) is 0 Å². The van der Waals surface area contributed by atoms with E-state index in [4.69, 9.17) is 19.9 Å². The Bertz CT molecular complexity index is 2230. The SMILES string of the molecule is COC(=O)N[C@H](C(=O)N1CCC[C@H]1c1ncc(-c2ccc(-c3ccc(-c4cnc([C@@H]5CCCN5C(=O)[C@H](Cc5cncn5C)OC(N)=O)[nH]4)cc3)cc2)[nH]1)[C@@H](C)OC. The van der Waals surface area contributed by atoms with E-state index in [1.54, 1.807) is 46.2 Å². The molecule has 17 heteroatoms. The van der Waals surface area contributed by atoms with Crippen LogP contribution in [0.25, 0.3) is 33.6 Å². The maximum atomic E-state index is 13.7. The molecule has 5 N–H and O–H groups in total. The van der Waals surface area contributed by atoms with Gasteiger partial charge in [0, 0.05) is 45.6 Å². The van der Waals surface area contributed by atoms with Crippen molar-refractivity contribution in [3.63, 3.8) is 0 Å². The number of aromatic nitrogens is 6. The van der Waals surface area contributed by atoms with Gasteiger partial charge in [-0.25, -0.2) is 24.5 Å². The second-order valence-electron chi connectivity index (χ2n) is 14.6. The van der Waals surface area contributed by atoms with Crippen LogP contribution in [0.4, 0.5) is 9.59 Å². The number of nitrogens with zero attached hydrogens (tertiary/aromatic N) is 6. The number of ether oxygens (including phenoxy) is 3. The number of amides is 4. The van der Waals surface area contributed by atoms with E-state index in [9.17, 15) is 19.2 Å². The lowest BCUT2D eigenvalue weighted by Gasteiger charge is -2.30. The third-order valence-electron chi connectivity index (χ3n) is 11.0. The number of aromatic amines is 2. The van der Waals surface area contributed by atoms with Gasteiger partial charge in [-0.15, -0.1) is 0 Å². The van der Waals surface area contributed by atoms with Crippen molar-refractivity contribution in [2.45, 2.75) is 69.4 Å². The summed E-state index contributed by atoms with van der Waals surface area (Å²) in [7, 11) is 4.56. The minimum atomic E-state index is -1.08. The fourth-order valence-corrected chi connectivity index (χ4v) is 7.78. The van der Waals surface area contributed by atoms with Gasteiger partial charge in [0.15, 0.2) is 6.10 Å². The Morgan fingerprint density at radius 3 is 1.79 bits per heavy atom. The first-order chi connectivity index (χ1) is 28.0. The summed E-state index contributed by atoms with van der Waals surface area (Å²) >= 11 is 0. The highest BCUT2D eigenvalue weighted by molar-refractivity contribution is 5.87. The number of hydrogen-bond acceptors (Lipinski definition) is 10. The smallest absolute Gasteiger partial charge is 0.407 e. The predicted octanol–water partition coefficient (Wildman–Crippen LogP) is 4.66. The lowest BCUT2D eigenvalue weighted by molar-refractivity contribution is -0.141. The van der Waals surface area contributed by atoms with Crippen LogP contribution >= 0.6 is 0 Å². The Balaban J connectivity index is 1.00. The molecule has 304 valence electrons. The molecule has 7 rings (SSSR count). The maximum Gasteiger partial charge on any atom is 0.407 e. The molecule has 58 heavy (non-hydrogen) atoms. The van der Waals surface area contributed by atoms with Gasteiger partial charge in [0.1, 0.15) is 17.7 Å². The van der Waals surface area contributed by atoms with Gasteiger partial charge in [0.05, 0.1) is 55.4 Å². The summed E-state index contributed by atoms with van der Waals surface area (Å²) in [4.78, 5) is 74.8. The van der Waals surface area contributed by atoms with Crippen molar-refractivity contribution >= 4 is 24.0 Å². The summed E-state index contributed by atoms with van der Waals surface area (Å²) in [5.74, 6) is 0.761. The van der Waals surface area contributed by atoms with E-state index in [0.29, 0.717) is 31.2 Å². The van der Waals surface area contributed by atoms with Crippen LogP contribution in [0.2, 0.25) is 0 Å². The summed E-state index contributed by atoms with van der Waals surface area (Å²) < 4.78 is 17.2. The number of H-pyrrole nitrogens is 2. The molecule has 0 unspecified atom stereocenters. The number of hydrogen-bond donors (Lipinski definition) is 4. The van der Waals surface area contributed by atoms with Gasteiger partial charge in [0.25, 0.3) is 5.91 Å². The quantitative estimate of drug-likeness (QED) is 0.129. The molecule has 0 radical (unpaired) electrons. The number of carbonyl (C=O) groups is 4. The summed E-state index contributed by atoms with van der Waals surface area (Å²) in [6.07, 6.45) is 6.64. The van der Waals surface area contributed by atoms with E-state index >= 15 is 0 Å². The molecule has 5 heterocycles. The fraction of sp³-hybridized carbons (Fsp3) is 0.390. The number of aryl methyl sites for hydroxylation is 1. The van der Waals surface area contributed by atoms with Crippen LogP contribution in [0, 0.1) is 0 Å². The summed E-state index contributed by atoms with van der Waals surface area (Å²) in [5, 5.41) is 2.62. The standard InChI is InChI=1S/C41H48N10O7/c1-24(56-3)35(48-41(55)57-4)39(53)51-18-6-8-33(51)37-45-22-31(47-37)28-15-11-26(12-16-28)25-9-13-27(14-10-25)30-21-44-36(46-30)32-7-5-17-50(32)38(52)34(58-40(42)54)19-29-20-43-23-49(29)2/h9-16,20-24,32-35H,5-8,17-19H2,1-4H3,(H2,42,54)(H,44,46)(H,45,47)(H,48,55)/t24-,32+,33+,34+,35+/m1/s1. The average Bonchev–Trinajstić information content (AvgIpc) is 4.09. The Morgan fingerprint density at radius 2 is 1.33 bits per heavy atom. The molecular weight excluding hydrogens is 745 g/mol. The van der Waals surface area contributed by atoms with Crippen molar-refractivity contribution in [2.24, 2.45) is 12.8 Å². The van der Waals surface area contributed by atoms with Crippen molar-refractivity contribution in [1.29, 1.82) is 0 Å². The van der Waals surface area contributed by atoms with Gasteiger partial charge in [0.2, 0.25) is 5.91 Å². The van der Waals surface area contributed by atoms with Gasteiger partial charge in [-0.1, -0.05) is 48.5 Å². The normalized spacial score (nSPS) is 18.1. The van der Waals surface area contributed by atoms with Crippen LogP contribution in [-0.4, -0.2) is 109 Å². The molecule has 0 bridgehead atoms. The number of benzene rings is 2. The largest absolute Gasteiger partial charge is 0.453 e. The van der Waals surface area contributed by atoms with E-state index in [0.717, 1.165) is 58.6 Å². The van der Waals surface area contributed by atoms with Crippen LogP contribution in [0.1, 0.15) is 62.0 Å². The number of alkyl carbamates (subject to hydrolysis) is 1. The van der Waals surface area contributed by atoms with E-state index in [2.05, 4.69) is 42.4 Å². The Morgan fingerprint density at radius 1 is 0.810 bits per heavy atom. The molecule has 2 saturated heterocycles. The van der Waals surface area contributed by atoms with Crippen LogP contribution in [0.5, 0.6) is 0 Å². The maximum absolute atomic E-state index is 13.7. The first-order valence-corrected chi connectivity index (χ1v) is 19.2. The number of likely N-dealkylation sites (tertiary alicyclic amines) is 2. The summed E-state index contributed by atoms with van der Waals surface area (Å²) in [6, 6.07) is 14.8. The van der Waals surface area contributed by atoms with E-state index < -0.39 is 30.4 Å². The van der Waals surface area contributed by atoms with Gasteiger partial charge in [-0.2, -0.15) is 0 Å². The van der Waals surface area contributed by atoms with Gasteiger partial charge < -0.3 is 49.6 Å². The molecule has 2 aliphatic rings. The van der Waals surface area contributed by atoms with Gasteiger partial charge in [-0.3, -0.25) is 9.59 Å². The number of nitrogens with two attached hydrogens (primary N) is 1. The minimum Gasteiger partial charge on any atom is -0.453 e. The number of methoxy groups -OCH3 is 2. The molecule has 4 amide bonds. The molecule has 0 saturated carbocycles. The molecule has 0 spiro atoms. The van der Waals surface area contributed by atoms with Crippen LogP contribution < -0.4 is 11.1 Å². The Labute approximate surface area is 335 Å². The van der Waals surface area contributed by atoms with Crippen molar-refractivity contribution in [1.82, 2.24) is 44.6 Å². The topological polar surface area (TPSA) is 216 Å². The van der Waals surface area contributed by atoms with Crippen molar-refractivity contribution in [3.05, 3.63) is 90.8 Å². The highest BCUT2D eigenvalue weighted by Crippen LogP contribution is 2.35. The van der Waals surface area contributed by atoms with Crippen molar-refractivity contribution in [3.8, 4) is 33.6 Å². The molecule has 5 atom stereocenters. The number of carbonyl (C=O) groups excluding carboxylic acids is 4. The van der Waals surface area contributed by atoms with Gasteiger partial charge in [-0.05, 0) is 54.9 Å². The Kier molecular flexibility index (Phi) is 11.9. The summed E-state index contributed by atoms with van der Waals surface area (Å²) in [5.41, 5.74) is 11.7. The first kappa shape index (κ1) is 39.7. The lowest BCUT2D eigenvalue weighted by Crippen LogP contribution is -2.54. The van der Waals surface area contributed by atoms with E-state index in [1.165, 1.54) is 14.2 Å². The molecular formula is C41H48N10O7. The number of rotatable bonds is 13. The monoisotopic (exact) mass is 792 g/mol. The summed E-state index contributed by atoms with van der Waals surface area (Å²) in [6.45, 7) is 2.77. The van der Waals surface area contributed by atoms with Gasteiger partial charge >= 0.3 is 12.2 Å². The van der Waals surface area contributed by atoms with Crippen molar-refractivity contribution in [2.75, 3.05) is 27.3 Å². The third-order valence-corrected chi connectivity index (χ3v) is 11.0. The highest BCUT2D eigenvalue weighted by Gasteiger charge is 2.39. The lowest BCUT2D eigenvalue weighted by atomic mass is 10.0. The first-order valence-electron chi connectivity index (χ1n) is 19.2. The third kappa shape index (κ3) is 8.44. The number of primary amides is 1. The molecule has 2 fully saturated rings. The predicted molar refractivity (Wildman–Crippen MR) is 212 cm³/mol. The second-order valence-corrected chi connectivity index (χ2v) is 14.6. The fourth-order valence-electron chi connectivity index (χ4n) is 7.78. The molecule has 2 aromatic carbocycles. The molecule has 0 aliphatic carbocycles. The van der Waals surface area contributed by atoms with E-state index in [-0.39, 0.29) is 30.3 Å². The minimum absolute atomic E-state index is 0.155. The average molecular weight is 793 g/mol.